The molecule has 1 amide bonds. The first kappa shape index (κ1) is 22.8. The van der Waals surface area contributed by atoms with Crippen LogP contribution in [0.5, 0.6) is 0 Å². The highest BCUT2D eigenvalue weighted by atomic mass is 79.9. The molecule has 1 aromatic carbocycles. The van der Waals surface area contributed by atoms with Crippen molar-refractivity contribution in [2.45, 2.75) is 32.6 Å². The van der Waals surface area contributed by atoms with E-state index in [0.717, 1.165) is 29.0 Å². The Morgan fingerprint density at radius 2 is 2.08 bits per heavy atom. The van der Waals surface area contributed by atoms with Crippen molar-refractivity contribution < 1.29 is 4.79 Å². The van der Waals surface area contributed by atoms with Crippen LogP contribution in [0.2, 0.25) is 0 Å². The zero-order chi connectivity index (χ0) is 19.4. The van der Waals surface area contributed by atoms with E-state index >= 15 is 0 Å². The largest absolute Gasteiger partial charge is 0.354 e. The van der Waals surface area contributed by atoms with Crippen molar-refractivity contribution in [3.63, 3.8) is 0 Å². The van der Waals surface area contributed by atoms with Gasteiger partial charge in [-0.15, -0.1) is 11.8 Å². The third-order valence-electron chi connectivity index (χ3n) is 3.40. The van der Waals surface area contributed by atoms with Crippen LogP contribution >= 0.6 is 27.7 Å². The molecule has 1 rings (SSSR count). The second-order valence-electron chi connectivity index (χ2n) is 6.88. The normalized spacial score (nSPS) is 11.5. The SMILES string of the molecule is CCN(C/C=C/C#CC(C)(C)C)CCNC(=O)CSc1ccccc1Br. The Hall–Kier alpha value is -1.22. The van der Waals surface area contributed by atoms with Gasteiger partial charge in [0.2, 0.25) is 5.91 Å². The fourth-order valence-electron chi connectivity index (χ4n) is 2.01. The molecule has 0 bridgehead atoms. The van der Waals surface area contributed by atoms with Gasteiger partial charge in [-0.25, -0.2) is 0 Å². The summed E-state index contributed by atoms with van der Waals surface area (Å²) in [4.78, 5) is 15.3. The second-order valence-corrected chi connectivity index (χ2v) is 8.76. The van der Waals surface area contributed by atoms with Crippen molar-refractivity contribution >= 4 is 33.6 Å². The summed E-state index contributed by atoms with van der Waals surface area (Å²) in [5.41, 5.74) is 0.0341. The number of halogens is 1. The molecule has 0 saturated carbocycles. The Morgan fingerprint density at radius 1 is 1.35 bits per heavy atom. The van der Waals surface area contributed by atoms with Gasteiger partial charge in [0.1, 0.15) is 0 Å². The van der Waals surface area contributed by atoms with Gasteiger partial charge in [-0.1, -0.05) is 37.0 Å². The molecule has 0 atom stereocenters. The highest BCUT2D eigenvalue weighted by Crippen LogP contribution is 2.26. The number of likely N-dealkylation sites (N-methyl/N-ethyl adjacent to an activating group) is 1. The Labute approximate surface area is 171 Å². The van der Waals surface area contributed by atoms with E-state index in [1.807, 2.05) is 30.3 Å². The number of allylic oxidation sites excluding steroid dienone is 1. The van der Waals surface area contributed by atoms with Gasteiger partial charge in [0.15, 0.2) is 0 Å². The van der Waals surface area contributed by atoms with Crippen LogP contribution in [0.3, 0.4) is 0 Å². The number of hydrogen-bond acceptors (Lipinski definition) is 3. The van der Waals surface area contributed by atoms with E-state index in [0.29, 0.717) is 12.3 Å². The third-order valence-corrected chi connectivity index (χ3v) is 5.43. The fourth-order valence-corrected chi connectivity index (χ4v) is 3.40. The standard InChI is InChI=1S/C21H29BrN2OS/c1-5-24(15-10-6-9-13-21(2,3)4)16-14-23-20(25)17-26-19-12-8-7-11-18(19)22/h6-8,10-12H,5,14-17H2,1-4H3,(H,23,25)/b10-6+. The van der Waals surface area contributed by atoms with E-state index in [4.69, 9.17) is 0 Å². The van der Waals surface area contributed by atoms with Crippen molar-refractivity contribution in [1.82, 2.24) is 10.2 Å². The Balaban J connectivity index is 2.26. The van der Waals surface area contributed by atoms with Gasteiger partial charge in [0, 0.05) is 34.4 Å². The number of carbonyl (C=O) groups excluding carboxylic acids is 1. The number of amides is 1. The van der Waals surface area contributed by atoms with Crippen LogP contribution in [0.4, 0.5) is 0 Å². The first-order valence-corrected chi connectivity index (χ1v) is 10.6. The molecule has 0 saturated heterocycles. The van der Waals surface area contributed by atoms with Gasteiger partial charge in [0.25, 0.3) is 0 Å². The molecular formula is C21H29BrN2OS. The van der Waals surface area contributed by atoms with Crippen molar-refractivity contribution in [2.75, 3.05) is 31.9 Å². The summed E-state index contributed by atoms with van der Waals surface area (Å²) in [6.45, 7) is 11.7. The lowest BCUT2D eigenvalue weighted by molar-refractivity contribution is -0.118. The molecule has 0 unspecified atom stereocenters. The van der Waals surface area contributed by atoms with Crippen LogP contribution < -0.4 is 5.32 Å². The number of nitrogens with one attached hydrogen (secondary N) is 1. The Kier molecular flexibility index (Phi) is 10.7. The quantitative estimate of drug-likeness (QED) is 0.453. The number of hydrogen-bond donors (Lipinski definition) is 1. The smallest absolute Gasteiger partial charge is 0.230 e. The Morgan fingerprint density at radius 3 is 2.73 bits per heavy atom. The van der Waals surface area contributed by atoms with Crippen molar-refractivity contribution in [2.24, 2.45) is 5.41 Å². The Bertz CT molecular complexity index is 656. The molecule has 1 aromatic rings. The summed E-state index contributed by atoms with van der Waals surface area (Å²) < 4.78 is 1.02. The summed E-state index contributed by atoms with van der Waals surface area (Å²) in [5, 5.41) is 2.99. The lowest BCUT2D eigenvalue weighted by Gasteiger charge is -2.18. The van der Waals surface area contributed by atoms with E-state index in [2.05, 4.69) is 71.8 Å². The van der Waals surface area contributed by atoms with Crippen LogP contribution in [0.15, 0.2) is 45.8 Å². The molecule has 26 heavy (non-hydrogen) atoms. The predicted molar refractivity (Wildman–Crippen MR) is 116 cm³/mol. The number of thioether (sulfide) groups is 1. The third kappa shape index (κ3) is 10.7. The minimum atomic E-state index is 0.0341. The second kappa shape index (κ2) is 12.2. The molecule has 0 heterocycles. The molecule has 0 aliphatic rings. The van der Waals surface area contributed by atoms with E-state index in [1.165, 1.54) is 0 Å². The van der Waals surface area contributed by atoms with Crippen LogP contribution in [0, 0.1) is 17.3 Å². The maximum absolute atomic E-state index is 12.0. The molecule has 0 radical (unpaired) electrons. The van der Waals surface area contributed by atoms with Gasteiger partial charge in [0.05, 0.1) is 5.75 Å². The molecule has 5 heteroatoms. The number of carbonyl (C=O) groups is 1. The van der Waals surface area contributed by atoms with Gasteiger partial charge in [-0.3, -0.25) is 9.69 Å². The minimum absolute atomic E-state index is 0.0341. The average Bonchev–Trinajstić information content (AvgIpc) is 2.58. The molecule has 0 aliphatic heterocycles. The van der Waals surface area contributed by atoms with E-state index in [9.17, 15) is 4.79 Å². The highest BCUT2D eigenvalue weighted by Gasteiger charge is 2.06. The fraction of sp³-hybridized carbons (Fsp3) is 0.476. The van der Waals surface area contributed by atoms with Gasteiger partial charge in [-0.2, -0.15) is 0 Å². The molecule has 3 nitrogen and oxygen atoms in total. The summed E-state index contributed by atoms with van der Waals surface area (Å²) in [6, 6.07) is 7.94. The predicted octanol–water partition coefficient (Wildman–Crippen LogP) is 4.59. The van der Waals surface area contributed by atoms with Crippen molar-refractivity contribution in [3.8, 4) is 11.8 Å². The molecule has 142 valence electrons. The summed E-state index contributed by atoms with van der Waals surface area (Å²) in [6.07, 6.45) is 3.99. The molecule has 0 aliphatic carbocycles. The van der Waals surface area contributed by atoms with E-state index < -0.39 is 0 Å². The van der Waals surface area contributed by atoms with Gasteiger partial charge < -0.3 is 5.32 Å². The molecule has 0 aromatic heterocycles. The summed E-state index contributed by atoms with van der Waals surface area (Å²) >= 11 is 5.04. The van der Waals surface area contributed by atoms with Crippen molar-refractivity contribution in [3.05, 3.63) is 40.9 Å². The number of rotatable bonds is 9. The first-order chi connectivity index (χ1) is 12.3. The van der Waals surface area contributed by atoms with Crippen LogP contribution in [-0.4, -0.2) is 42.7 Å². The average molecular weight is 437 g/mol. The minimum Gasteiger partial charge on any atom is -0.354 e. The molecular weight excluding hydrogens is 408 g/mol. The number of benzene rings is 1. The van der Waals surface area contributed by atoms with Crippen LogP contribution in [-0.2, 0) is 4.79 Å². The molecule has 0 spiro atoms. The van der Waals surface area contributed by atoms with Crippen LogP contribution in [0.25, 0.3) is 0 Å². The molecule has 0 fully saturated rings. The zero-order valence-corrected chi connectivity index (χ0v) is 18.5. The lowest BCUT2D eigenvalue weighted by atomic mass is 9.98. The lowest BCUT2D eigenvalue weighted by Crippen LogP contribution is -2.35. The summed E-state index contributed by atoms with van der Waals surface area (Å²) in [5.74, 6) is 6.76. The maximum atomic E-state index is 12.0. The monoisotopic (exact) mass is 436 g/mol. The molecule has 1 N–H and O–H groups in total. The van der Waals surface area contributed by atoms with Gasteiger partial charge in [-0.05, 0) is 61.5 Å². The summed E-state index contributed by atoms with van der Waals surface area (Å²) in [7, 11) is 0. The maximum Gasteiger partial charge on any atom is 0.230 e. The van der Waals surface area contributed by atoms with E-state index in [-0.39, 0.29) is 11.3 Å². The van der Waals surface area contributed by atoms with Crippen LogP contribution in [0.1, 0.15) is 27.7 Å². The topological polar surface area (TPSA) is 32.3 Å². The highest BCUT2D eigenvalue weighted by molar-refractivity contribution is 9.10. The number of nitrogens with zero attached hydrogens (tertiary/aromatic N) is 1. The van der Waals surface area contributed by atoms with Gasteiger partial charge >= 0.3 is 0 Å². The zero-order valence-electron chi connectivity index (χ0n) is 16.1. The first-order valence-electron chi connectivity index (χ1n) is 8.86. The van der Waals surface area contributed by atoms with E-state index in [1.54, 1.807) is 11.8 Å². The van der Waals surface area contributed by atoms with Crippen molar-refractivity contribution in [1.29, 1.82) is 0 Å².